The third-order valence-electron chi connectivity index (χ3n) is 5.06. The van der Waals surface area contributed by atoms with Crippen LogP contribution in [0.3, 0.4) is 0 Å². The molecule has 7 nitrogen and oxygen atoms in total. The number of methoxy groups -OCH3 is 2. The molecule has 1 N–H and O–H groups in total. The molecule has 0 aliphatic rings. The van der Waals surface area contributed by atoms with Gasteiger partial charge in [-0.1, -0.05) is 23.8 Å². The summed E-state index contributed by atoms with van der Waals surface area (Å²) in [5.41, 5.74) is 3.63. The van der Waals surface area contributed by atoms with E-state index in [1.807, 2.05) is 26.8 Å². The van der Waals surface area contributed by atoms with Crippen molar-refractivity contribution in [2.24, 2.45) is 0 Å². The van der Waals surface area contributed by atoms with Gasteiger partial charge in [-0.25, -0.2) is 8.42 Å². The number of ether oxygens (including phenoxy) is 2. The van der Waals surface area contributed by atoms with E-state index < -0.39 is 22.5 Å². The first kappa shape index (κ1) is 24.1. The third kappa shape index (κ3) is 5.64. The topological polar surface area (TPSA) is 84.9 Å². The maximum Gasteiger partial charge on any atom is 0.264 e. The Labute approximate surface area is 195 Å². The van der Waals surface area contributed by atoms with E-state index in [4.69, 9.17) is 9.47 Å². The first-order valence-corrected chi connectivity index (χ1v) is 11.8. The molecule has 0 saturated heterocycles. The Morgan fingerprint density at radius 3 is 2.00 bits per heavy atom. The van der Waals surface area contributed by atoms with Crippen molar-refractivity contribution >= 4 is 27.3 Å². The lowest BCUT2D eigenvalue weighted by atomic mass is 10.1. The molecule has 174 valence electrons. The number of carbonyl (C=O) groups excluding carboxylic acids is 1. The molecule has 0 radical (unpaired) electrons. The van der Waals surface area contributed by atoms with Gasteiger partial charge in [0, 0.05) is 11.8 Å². The number of aryl methyl sites for hydroxylation is 3. The van der Waals surface area contributed by atoms with Crippen LogP contribution in [0.1, 0.15) is 16.7 Å². The Morgan fingerprint density at radius 1 is 0.818 bits per heavy atom. The fraction of sp³-hybridized carbons (Fsp3) is 0.240. The Morgan fingerprint density at radius 2 is 1.42 bits per heavy atom. The van der Waals surface area contributed by atoms with Gasteiger partial charge in [-0.2, -0.15) is 0 Å². The highest BCUT2D eigenvalue weighted by Gasteiger charge is 2.27. The van der Waals surface area contributed by atoms with Crippen molar-refractivity contribution in [3.8, 4) is 11.5 Å². The van der Waals surface area contributed by atoms with Gasteiger partial charge in [-0.3, -0.25) is 9.10 Å². The van der Waals surface area contributed by atoms with Crippen molar-refractivity contribution in [3.63, 3.8) is 0 Å². The van der Waals surface area contributed by atoms with Crippen molar-refractivity contribution in [3.05, 3.63) is 77.4 Å². The van der Waals surface area contributed by atoms with E-state index in [0.29, 0.717) is 22.9 Å². The number of nitrogens with zero attached hydrogens (tertiary/aromatic N) is 1. The Bertz CT molecular complexity index is 1230. The number of carbonyl (C=O) groups is 1. The summed E-state index contributed by atoms with van der Waals surface area (Å²) in [5, 5.41) is 2.75. The van der Waals surface area contributed by atoms with Crippen LogP contribution in [0.15, 0.2) is 65.6 Å². The fourth-order valence-electron chi connectivity index (χ4n) is 3.49. The molecular weight excluding hydrogens is 440 g/mol. The summed E-state index contributed by atoms with van der Waals surface area (Å²) < 4.78 is 38.7. The van der Waals surface area contributed by atoms with Gasteiger partial charge in [0.2, 0.25) is 5.91 Å². The number of hydrogen-bond acceptors (Lipinski definition) is 5. The molecule has 3 aromatic carbocycles. The highest BCUT2D eigenvalue weighted by molar-refractivity contribution is 7.92. The third-order valence-corrected chi connectivity index (χ3v) is 6.85. The molecule has 0 spiro atoms. The minimum Gasteiger partial charge on any atom is -0.493 e. The molecular formula is C25H28N2O5S. The van der Waals surface area contributed by atoms with Crippen molar-refractivity contribution in [1.82, 2.24) is 0 Å². The Hall–Kier alpha value is -3.52. The monoisotopic (exact) mass is 468 g/mol. The number of anilines is 2. The van der Waals surface area contributed by atoms with Crippen LogP contribution in [-0.2, 0) is 14.8 Å². The first-order valence-electron chi connectivity index (χ1n) is 10.3. The first-order chi connectivity index (χ1) is 15.6. The summed E-state index contributed by atoms with van der Waals surface area (Å²) in [5.74, 6) is 0.486. The van der Waals surface area contributed by atoms with Gasteiger partial charge < -0.3 is 14.8 Å². The maximum absolute atomic E-state index is 13.5. The standard InChI is InChI=1S/C25H28N2O5S/c1-17-6-9-22(10-7-17)33(29,30)27(21-13-18(2)12-19(3)14-21)16-25(28)26-20-8-11-23(31-4)24(15-20)32-5/h6-15H,16H2,1-5H3,(H,26,28). The molecule has 3 rings (SSSR count). The van der Waals surface area contributed by atoms with E-state index in [2.05, 4.69) is 5.32 Å². The molecule has 0 fully saturated rings. The van der Waals surface area contributed by atoms with E-state index in [0.717, 1.165) is 21.0 Å². The van der Waals surface area contributed by atoms with Crippen LogP contribution in [0.2, 0.25) is 0 Å². The molecule has 0 aliphatic carbocycles. The fourth-order valence-corrected chi connectivity index (χ4v) is 4.90. The van der Waals surface area contributed by atoms with E-state index in [1.54, 1.807) is 54.6 Å². The number of rotatable bonds is 8. The minimum atomic E-state index is -3.99. The zero-order chi connectivity index (χ0) is 24.2. The summed E-state index contributed by atoms with van der Waals surface area (Å²) in [4.78, 5) is 13.1. The van der Waals surface area contributed by atoms with Crippen molar-refractivity contribution in [2.75, 3.05) is 30.4 Å². The van der Waals surface area contributed by atoms with Gasteiger partial charge >= 0.3 is 0 Å². The zero-order valence-electron chi connectivity index (χ0n) is 19.4. The molecule has 3 aromatic rings. The predicted octanol–water partition coefficient (Wildman–Crippen LogP) is 4.46. The number of benzene rings is 3. The lowest BCUT2D eigenvalue weighted by Crippen LogP contribution is -2.38. The molecule has 1 amide bonds. The summed E-state index contributed by atoms with van der Waals surface area (Å²) in [6.45, 7) is 5.26. The SMILES string of the molecule is COc1ccc(NC(=O)CN(c2cc(C)cc(C)c2)S(=O)(=O)c2ccc(C)cc2)cc1OC. The predicted molar refractivity (Wildman–Crippen MR) is 130 cm³/mol. The number of amides is 1. The van der Waals surface area contributed by atoms with Crippen LogP contribution in [0.4, 0.5) is 11.4 Å². The Kier molecular flexibility index (Phi) is 7.28. The van der Waals surface area contributed by atoms with Gasteiger partial charge in [0.1, 0.15) is 6.54 Å². The van der Waals surface area contributed by atoms with E-state index in [-0.39, 0.29) is 4.90 Å². The molecule has 33 heavy (non-hydrogen) atoms. The second-order valence-corrected chi connectivity index (χ2v) is 9.65. The quantitative estimate of drug-likeness (QED) is 0.528. The van der Waals surface area contributed by atoms with Crippen molar-refractivity contribution in [2.45, 2.75) is 25.7 Å². The molecule has 0 bridgehead atoms. The highest BCUT2D eigenvalue weighted by atomic mass is 32.2. The van der Waals surface area contributed by atoms with E-state index in [1.165, 1.54) is 14.2 Å². The number of hydrogen-bond donors (Lipinski definition) is 1. The smallest absolute Gasteiger partial charge is 0.264 e. The highest BCUT2D eigenvalue weighted by Crippen LogP contribution is 2.30. The summed E-state index contributed by atoms with van der Waals surface area (Å²) in [6, 6.07) is 17.0. The van der Waals surface area contributed by atoms with Crippen LogP contribution in [0.25, 0.3) is 0 Å². The molecule has 0 saturated carbocycles. The van der Waals surface area contributed by atoms with Crippen LogP contribution in [0.5, 0.6) is 11.5 Å². The van der Waals surface area contributed by atoms with E-state index in [9.17, 15) is 13.2 Å². The molecule has 0 aliphatic heterocycles. The second-order valence-electron chi connectivity index (χ2n) is 7.79. The van der Waals surface area contributed by atoms with Crippen molar-refractivity contribution in [1.29, 1.82) is 0 Å². The molecule has 0 heterocycles. The van der Waals surface area contributed by atoms with Crippen molar-refractivity contribution < 1.29 is 22.7 Å². The van der Waals surface area contributed by atoms with Crippen LogP contribution < -0.4 is 19.1 Å². The van der Waals surface area contributed by atoms with Gasteiger partial charge in [0.15, 0.2) is 11.5 Å². The molecule has 8 heteroatoms. The molecule has 0 unspecified atom stereocenters. The minimum absolute atomic E-state index is 0.117. The maximum atomic E-state index is 13.5. The number of nitrogens with one attached hydrogen (secondary N) is 1. The van der Waals surface area contributed by atoms with Gasteiger partial charge in [-0.15, -0.1) is 0 Å². The second kappa shape index (κ2) is 9.95. The average Bonchev–Trinajstić information content (AvgIpc) is 2.76. The normalized spacial score (nSPS) is 11.1. The van der Waals surface area contributed by atoms with E-state index >= 15 is 0 Å². The van der Waals surface area contributed by atoms with Crippen LogP contribution >= 0.6 is 0 Å². The summed E-state index contributed by atoms with van der Waals surface area (Å²) >= 11 is 0. The largest absolute Gasteiger partial charge is 0.493 e. The van der Waals surface area contributed by atoms with Crippen LogP contribution in [-0.4, -0.2) is 35.1 Å². The number of sulfonamides is 1. The van der Waals surface area contributed by atoms with Crippen LogP contribution in [0, 0.1) is 20.8 Å². The lowest BCUT2D eigenvalue weighted by Gasteiger charge is -2.25. The molecule has 0 aromatic heterocycles. The summed E-state index contributed by atoms with van der Waals surface area (Å²) in [6.07, 6.45) is 0. The van der Waals surface area contributed by atoms with Gasteiger partial charge in [0.05, 0.1) is 24.8 Å². The van der Waals surface area contributed by atoms with Gasteiger partial charge in [0.25, 0.3) is 10.0 Å². The van der Waals surface area contributed by atoms with Gasteiger partial charge in [-0.05, 0) is 68.3 Å². The Balaban J connectivity index is 1.96. The zero-order valence-corrected chi connectivity index (χ0v) is 20.2. The summed E-state index contributed by atoms with van der Waals surface area (Å²) in [7, 11) is -0.966. The lowest BCUT2D eigenvalue weighted by molar-refractivity contribution is -0.114. The average molecular weight is 469 g/mol. The molecule has 0 atom stereocenters.